The molecule has 3 aromatic rings. The largest absolute Gasteiger partial charge is 0.496 e. The minimum absolute atomic E-state index is 0.431. The highest BCUT2D eigenvalue weighted by molar-refractivity contribution is 7.18. The van der Waals surface area contributed by atoms with Crippen LogP contribution in [0.5, 0.6) is 5.75 Å². The van der Waals surface area contributed by atoms with E-state index < -0.39 is 0 Å². The van der Waals surface area contributed by atoms with Gasteiger partial charge in [-0.3, -0.25) is 4.98 Å². The maximum atomic E-state index is 5.51. The molecular formula is C19H20N4OS. The van der Waals surface area contributed by atoms with Crippen LogP contribution in [0.15, 0.2) is 48.7 Å². The Morgan fingerprint density at radius 1 is 1.16 bits per heavy atom. The fourth-order valence-electron chi connectivity index (χ4n) is 3.35. The standard InChI is InChI=1S/C19H20N4OS/c1-24-17-10-3-2-7-14(17)13-15-8-6-12-23(15)19-22-21-18(25-19)16-9-4-5-11-20-16/h2-5,7,9-11,15H,6,8,12-13H2,1H3. The van der Waals surface area contributed by atoms with Crippen LogP contribution in [-0.2, 0) is 6.42 Å². The first-order valence-corrected chi connectivity index (χ1v) is 9.30. The van der Waals surface area contributed by atoms with Crippen LogP contribution in [0.25, 0.3) is 10.7 Å². The highest BCUT2D eigenvalue weighted by atomic mass is 32.1. The third-order valence-corrected chi connectivity index (χ3v) is 5.55. The Balaban J connectivity index is 1.55. The Hall–Kier alpha value is -2.47. The predicted molar refractivity (Wildman–Crippen MR) is 100 cm³/mol. The summed E-state index contributed by atoms with van der Waals surface area (Å²) in [6.45, 7) is 1.02. The van der Waals surface area contributed by atoms with E-state index in [-0.39, 0.29) is 0 Å². The number of pyridine rings is 1. The Kier molecular flexibility index (Phi) is 4.61. The van der Waals surface area contributed by atoms with E-state index in [9.17, 15) is 0 Å². The Labute approximate surface area is 151 Å². The second kappa shape index (κ2) is 7.19. The average Bonchev–Trinajstić information content (AvgIpc) is 3.32. The molecule has 0 N–H and O–H groups in total. The van der Waals surface area contributed by atoms with Crippen LogP contribution in [0.3, 0.4) is 0 Å². The molecule has 128 valence electrons. The Morgan fingerprint density at radius 2 is 2.04 bits per heavy atom. The van der Waals surface area contributed by atoms with Crippen LogP contribution in [0.4, 0.5) is 5.13 Å². The summed E-state index contributed by atoms with van der Waals surface area (Å²) >= 11 is 1.62. The van der Waals surface area contributed by atoms with Crippen molar-refractivity contribution in [3.05, 3.63) is 54.2 Å². The van der Waals surface area contributed by atoms with Crippen molar-refractivity contribution < 1.29 is 4.74 Å². The second-order valence-electron chi connectivity index (χ2n) is 6.11. The summed E-state index contributed by atoms with van der Waals surface area (Å²) in [5.41, 5.74) is 2.13. The number of para-hydroxylation sites is 1. The molecular weight excluding hydrogens is 332 g/mol. The van der Waals surface area contributed by atoms with Crippen LogP contribution in [0, 0.1) is 0 Å². The van der Waals surface area contributed by atoms with Gasteiger partial charge in [0.2, 0.25) is 5.13 Å². The average molecular weight is 352 g/mol. The van der Waals surface area contributed by atoms with Crippen molar-refractivity contribution in [2.45, 2.75) is 25.3 Å². The molecule has 0 bridgehead atoms. The molecule has 4 rings (SSSR count). The third-order valence-electron chi connectivity index (χ3n) is 4.57. The topological polar surface area (TPSA) is 51.1 Å². The highest BCUT2D eigenvalue weighted by Gasteiger charge is 2.28. The van der Waals surface area contributed by atoms with Gasteiger partial charge in [0.25, 0.3) is 0 Å². The van der Waals surface area contributed by atoms with E-state index in [1.807, 2.05) is 30.3 Å². The Morgan fingerprint density at radius 3 is 2.88 bits per heavy atom. The number of aromatic nitrogens is 3. The van der Waals surface area contributed by atoms with Gasteiger partial charge in [0.15, 0.2) is 5.01 Å². The summed E-state index contributed by atoms with van der Waals surface area (Å²) < 4.78 is 5.51. The van der Waals surface area contributed by atoms with Crippen molar-refractivity contribution in [1.82, 2.24) is 15.2 Å². The Bertz CT molecular complexity index is 836. The van der Waals surface area contributed by atoms with Gasteiger partial charge in [0.1, 0.15) is 11.4 Å². The number of ether oxygens (including phenoxy) is 1. The normalized spacial score (nSPS) is 17.0. The summed E-state index contributed by atoms with van der Waals surface area (Å²) in [5.74, 6) is 0.959. The van der Waals surface area contributed by atoms with Gasteiger partial charge in [-0.05, 0) is 43.0 Å². The molecule has 2 aromatic heterocycles. The monoisotopic (exact) mass is 352 g/mol. The van der Waals surface area contributed by atoms with Gasteiger partial charge in [0, 0.05) is 18.8 Å². The number of hydrogen-bond acceptors (Lipinski definition) is 6. The lowest BCUT2D eigenvalue weighted by Gasteiger charge is -2.24. The molecule has 5 nitrogen and oxygen atoms in total. The first-order valence-electron chi connectivity index (χ1n) is 8.48. The molecule has 1 unspecified atom stereocenters. The molecule has 0 aliphatic carbocycles. The molecule has 0 radical (unpaired) electrons. The highest BCUT2D eigenvalue weighted by Crippen LogP contribution is 2.34. The summed E-state index contributed by atoms with van der Waals surface area (Å²) in [4.78, 5) is 6.76. The van der Waals surface area contributed by atoms with E-state index >= 15 is 0 Å². The molecule has 1 atom stereocenters. The zero-order chi connectivity index (χ0) is 17.1. The van der Waals surface area contributed by atoms with Gasteiger partial charge in [-0.15, -0.1) is 10.2 Å². The van der Waals surface area contributed by atoms with Crippen molar-refractivity contribution in [2.75, 3.05) is 18.6 Å². The van der Waals surface area contributed by atoms with E-state index in [4.69, 9.17) is 4.74 Å². The second-order valence-corrected chi connectivity index (χ2v) is 7.07. The predicted octanol–water partition coefficient (Wildman–Crippen LogP) is 3.82. The van der Waals surface area contributed by atoms with Crippen LogP contribution < -0.4 is 9.64 Å². The molecule has 25 heavy (non-hydrogen) atoms. The van der Waals surface area contributed by atoms with Crippen molar-refractivity contribution in [2.24, 2.45) is 0 Å². The van der Waals surface area contributed by atoms with Gasteiger partial charge >= 0.3 is 0 Å². The molecule has 0 spiro atoms. The lowest BCUT2D eigenvalue weighted by atomic mass is 10.0. The van der Waals surface area contributed by atoms with Gasteiger partial charge in [-0.1, -0.05) is 35.6 Å². The number of benzene rings is 1. The molecule has 1 aliphatic heterocycles. The van der Waals surface area contributed by atoms with Crippen LogP contribution in [0.2, 0.25) is 0 Å². The molecule has 1 aromatic carbocycles. The molecule has 1 fully saturated rings. The minimum Gasteiger partial charge on any atom is -0.496 e. The first-order chi connectivity index (χ1) is 12.3. The number of nitrogens with zero attached hydrogens (tertiary/aromatic N) is 4. The first kappa shape index (κ1) is 16.0. The fourth-order valence-corrected chi connectivity index (χ4v) is 4.27. The smallest absolute Gasteiger partial charge is 0.208 e. The molecule has 0 saturated carbocycles. The summed E-state index contributed by atoms with van der Waals surface area (Å²) in [5, 5.41) is 10.6. The van der Waals surface area contributed by atoms with Crippen LogP contribution in [0.1, 0.15) is 18.4 Å². The summed E-state index contributed by atoms with van der Waals surface area (Å²) in [6.07, 6.45) is 5.09. The molecule has 6 heteroatoms. The van der Waals surface area contributed by atoms with Gasteiger partial charge in [0.05, 0.1) is 7.11 Å². The van der Waals surface area contributed by atoms with Crippen molar-refractivity contribution in [1.29, 1.82) is 0 Å². The quantitative estimate of drug-likeness (QED) is 0.699. The van der Waals surface area contributed by atoms with E-state index in [2.05, 4.69) is 32.2 Å². The molecule has 1 saturated heterocycles. The van der Waals surface area contributed by atoms with E-state index in [0.717, 1.165) is 41.0 Å². The summed E-state index contributed by atoms with van der Waals surface area (Å²) in [6, 6.07) is 14.5. The van der Waals surface area contributed by atoms with E-state index in [1.165, 1.54) is 12.0 Å². The van der Waals surface area contributed by atoms with Gasteiger partial charge < -0.3 is 9.64 Å². The number of anilines is 1. The number of rotatable bonds is 5. The lowest BCUT2D eigenvalue weighted by molar-refractivity contribution is 0.408. The molecule has 1 aliphatic rings. The lowest BCUT2D eigenvalue weighted by Crippen LogP contribution is -2.31. The maximum Gasteiger partial charge on any atom is 0.208 e. The summed E-state index contributed by atoms with van der Waals surface area (Å²) in [7, 11) is 1.73. The minimum atomic E-state index is 0.431. The van der Waals surface area contributed by atoms with Crippen molar-refractivity contribution in [3.8, 4) is 16.5 Å². The number of methoxy groups -OCH3 is 1. The van der Waals surface area contributed by atoms with Crippen LogP contribution in [-0.4, -0.2) is 34.9 Å². The van der Waals surface area contributed by atoms with E-state index in [0.29, 0.717) is 6.04 Å². The van der Waals surface area contributed by atoms with Gasteiger partial charge in [-0.25, -0.2) is 0 Å². The molecule has 0 amide bonds. The number of hydrogen-bond donors (Lipinski definition) is 0. The van der Waals surface area contributed by atoms with Crippen LogP contribution >= 0.6 is 11.3 Å². The fraction of sp³-hybridized carbons (Fsp3) is 0.316. The third kappa shape index (κ3) is 3.35. The molecule has 3 heterocycles. The van der Waals surface area contributed by atoms with Gasteiger partial charge in [-0.2, -0.15) is 0 Å². The van der Waals surface area contributed by atoms with E-state index in [1.54, 1.807) is 24.6 Å². The maximum absolute atomic E-state index is 5.51. The SMILES string of the molecule is COc1ccccc1CC1CCCN1c1nnc(-c2ccccn2)s1. The zero-order valence-corrected chi connectivity index (χ0v) is 14.9. The zero-order valence-electron chi connectivity index (χ0n) is 14.1. The van der Waals surface area contributed by atoms with Crippen molar-refractivity contribution in [3.63, 3.8) is 0 Å². The van der Waals surface area contributed by atoms with Crippen molar-refractivity contribution >= 4 is 16.5 Å².